The zero-order valence-corrected chi connectivity index (χ0v) is 14.8. The maximum atomic E-state index is 12.8. The molecule has 0 unspecified atom stereocenters. The Kier molecular flexibility index (Phi) is 4.24. The van der Waals surface area contributed by atoms with Crippen LogP contribution in [0.4, 0.5) is 5.69 Å². The third-order valence-corrected chi connectivity index (χ3v) is 5.59. The molecule has 0 saturated carbocycles. The van der Waals surface area contributed by atoms with Crippen molar-refractivity contribution in [1.29, 1.82) is 0 Å². The second kappa shape index (κ2) is 6.69. The van der Waals surface area contributed by atoms with Crippen molar-refractivity contribution in [3.05, 3.63) is 95.1 Å². The summed E-state index contributed by atoms with van der Waals surface area (Å²) in [7, 11) is 0. The molecule has 0 fully saturated rings. The van der Waals surface area contributed by atoms with Crippen molar-refractivity contribution in [2.24, 2.45) is 0 Å². The van der Waals surface area contributed by atoms with Crippen LogP contribution in [-0.4, -0.2) is 22.5 Å². The second-order valence-electron chi connectivity index (χ2n) is 6.11. The molecule has 1 heterocycles. The van der Waals surface area contributed by atoms with Crippen LogP contribution in [0, 0.1) is 6.92 Å². The molecule has 3 aromatic rings. The number of thioether (sulfide) groups is 1. The number of nitrogens with zero attached hydrogens (tertiary/aromatic N) is 1. The number of hydrogen-bond acceptors (Lipinski definition) is 2. The number of aryl methyl sites for hydroxylation is 1. The second-order valence-corrected chi connectivity index (χ2v) is 7.07. The van der Waals surface area contributed by atoms with Gasteiger partial charge in [0, 0.05) is 28.2 Å². The Bertz CT molecular complexity index is 962. The van der Waals surface area contributed by atoms with E-state index in [0.29, 0.717) is 0 Å². The molecule has 3 heteroatoms. The highest BCUT2D eigenvalue weighted by molar-refractivity contribution is 7.99. The molecule has 0 spiro atoms. The van der Waals surface area contributed by atoms with Gasteiger partial charge in [-0.3, -0.25) is 4.79 Å². The first-order valence-electron chi connectivity index (χ1n) is 8.26. The standard InChI is InChI=1S/C22H18NOS/c1-16-12-18(21(24)17-8-4-2-5-9-17)13-19-14-23(15-25-22(16)19)20-10-6-3-7-11-20/h2-14H,15H2,1H3/q+1. The number of ketones is 1. The summed E-state index contributed by atoms with van der Waals surface area (Å²) < 4.78 is 2.23. The molecule has 0 aliphatic carbocycles. The third kappa shape index (κ3) is 3.15. The SMILES string of the molecule is Cc1cc(C(=O)c2ccccc2)cc2c1SC[N+](c1ccccc1)=C2. The van der Waals surface area contributed by atoms with Gasteiger partial charge in [0.2, 0.25) is 5.69 Å². The molecule has 1 aliphatic rings. The minimum Gasteiger partial charge on any atom is -0.289 e. The lowest BCUT2D eigenvalue weighted by molar-refractivity contribution is -0.411. The summed E-state index contributed by atoms with van der Waals surface area (Å²) in [5, 5.41) is 0. The number of para-hydroxylation sites is 1. The number of hydrogen-bond donors (Lipinski definition) is 0. The molecular formula is C22H18NOS+. The molecule has 3 aromatic carbocycles. The largest absolute Gasteiger partial charge is 0.289 e. The smallest absolute Gasteiger partial charge is 0.205 e. The van der Waals surface area contributed by atoms with Gasteiger partial charge < -0.3 is 0 Å². The van der Waals surface area contributed by atoms with Crippen molar-refractivity contribution in [3.63, 3.8) is 0 Å². The first-order chi connectivity index (χ1) is 12.2. The van der Waals surface area contributed by atoms with Crippen LogP contribution in [0.5, 0.6) is 0 Å². The van der Waals surface area contributed by atoms with Gasteiger partial charge in [-0.1, -0.05) is 60.3 Å². The quantitative estimate of drug-likeness (QED) is 0.489. The van der Waals surface area contributed by atoms with E-state index in [1.54, 1.807) is 0 Å². The highest BCUT2D eigenvalue weighted by Crippen LogP contribution is 2.32. The number of fused-ring (bicyclic) bond motifs is 1. The summed E-state index contributed by atoms with van der Waals surface area (Å²) in [5.74, 6) is 0.950. The number of carbonyl (C=O) groups excluding carboxylic acids is 1. The van der Waals surface area contributed by atoms with Gasteiger partial charge >= 0.3 is 0 Å². The molecule has 0 saturated heterocycles. The zero-order valence-electron chi connectivity index (χ0n) is 14.0. The number of benzene rings is 3. The Hall–Kier alpha value is -2.65. The van der Waals surface area contributed by atoms with E-state index in [1.165, 1.54) is 4.90 Å². The van der Waals surface area contributed by atoms with Crippen LogP contribution >= 0.6 is 11.8 Å². The summed E-state index contributed by atoms with van der Waals surface area (Å²) in [5.41, 5.74) is 4.91. The van der Waals surface area contributed by atoms with Crippen LogP contribution in [-0.2, 0) is 0 Å². The molecular weight excluding hydrogens is 326 g/mol. The highest BCUT2D eigenvalue weighted by Gasteiger charge is 2.22. The average molecular weight is 344 g/mol. The van der Waals surface area contributed by atoms with Crippen LogP contribution in [0.15, 0.2) is 77.7 Å². The van der Waals surface area contributed by atoms with Crippen molar-refractivity contribution in [3.8, 4) is 0 Å². The highest BCUT2D eigenvalue weighted by atomic mass is 32.2. The van der Waals surface area contributed by atoms with E-state index in [1.807, 2.05) is 72.4 Å². The molecule has 0 radical (unpaired) electrons. The number of rotatable bonds is 3. The van der Waals surface area contributed by atoms with Crippen LogP contribution in [0.3, 0.4) is 0 Å². The molecule has 0 atom stereocenters. The molecule has 1 aliphatic heterocycles. The van der Waals surface area contributed by atoms with Crippen LogP contribution < -0.4 is 0 Å². The maximum Gasteiger partial charge on any atom is 0.205 e. The molecule has 2 nitrogen and oxygen atoms in total. The Labute approximate surface area is 151 Å². The normalized spacial score (nSPS) is 13.1. The first-order valence-corrected chi connectivity index (χ1v) is 9.25. The molecule has 4 rings (SSSR count). The van der Waals surface area contributed by atoms with E-state index in [2.05, 4.69) is 29.8 Å². The average Bonchev–Trinajstić information content (AvgIpc) is 2.68. The predicted octanol–water partition coefficient (Wildman–Crippen LogP) is 5.05. The van der Waals surface area contributed by atoms with E-state index in [-0.39, 0.29) is 5.78 Å². The summed E-state index contributed by atoms with van der Waals surface area (Å²) >= 11 is 1.82. The zero-order chi connectivity index (χ0) is 17.2. The fourth-order valence-corrected chi connectivity index (χ4v) is 4.15. The first kappa shape index (κ1) is 15.9. The summed E-state index contributed by atoms with van der Waals surface area (Å²) in [6.45, 7) is 2.08. The fourth-order valence-electron chi connectivity index (χ4n) is 3.09. The molecule has 122 valence electrons. The maximum absolute atomic E-state index is 12.8. The summed E-state index contributed by atoms with van der Waals surface area (Å²) in [4.78, 5) is 14.1. The minimum absolute atomic E-state index is 0.0711. The molecule has 0 N–H and O–H groups in total. The summed E-state index contributed by atoms with van der Waals surface area (Å²) in [6, 6.07) is 23.8. The molecule has 0 aromatic heterocycles. The monoisotopic (exact) mass is 344 g/mol. The van der Waals surface area contributed by atoms with Crippen molar-refractivity contribution in [1.82, 2.24) is 0 Å². The van der Waals surface area contributed by atoms with Gasteiger partial charge in [0.25, 0.3) is 0 Å². The lowest BCUT2D eigenvalue weighted by Crippen LogP contribution is -2.14. The van der Waals surface area contributed by atoms with Gasteiger partial charge in [0.05, 0.1) is 5.56 Å². The predicted molar refractivity (Wildman–Crippen MR) is 103 cm³/mol. The van der Waals surface area contributed by atoms with Crippen molar-refractivity contribution < 1.29 is 9.37 Å². The molecule has 0 amide bonds. The number of carbonyl (C=O) groups is 1. The van der Waals surface area contributed by atoms with E-state index in [4.69, 9.17) is 0 Å². The Morgan fingerprint density at radius 2 is 1.60 bits per heavy atom. The van der Waals surface area contributed by atoms with Crippen molar-refractivity contribution in [2.45, 2.75) is 11.8 Å². The van der Waals surface area contributed by atoms with Gasteiger partial charge in [0.1, 0.15) is 0 Å². The Balaban J connectivity index is 1.77. The van der Waals surface area contributed by atoms with Gasteiger partial charge in [-0.2, -0.15) is 4.58 Å². The minimum atomic E-state index is 0.0711. The lowest BCUT2D eigenvalue weighted by Gasteiger charge is -2.15. The van der Waals surface area contributed by atoms with Gasteiger partial charge in [0.15, 0.2) is 17.9 Å². The van der Waals surface area contributed by atoms with E-state index >= 15 is 0 Å². The van der Waals surface area contributed by atoms with E-state index in [9.17, 15) is 4.79 Å². The van der Waals surface area contributed by atoms with Crippen molar-refractivity contribution in [2.75, 3.05) is 5.88 Å². The van der Waals surface area contributed by atoms with Crippen LogP contribution in [0.1, 0.15) is 27.0 Å². The van der Waals surface area contributed by atoms with E-state index in [0.717, 1.165) is 33.8 Å². The molecule has 0 bridgehead atoms. The van der Waals surface area contributed by atoms with Gasteiger partial charge in [-0.05, 0) is 24.6 Å². The van der Waals surface area contributed by atoms with E-state index < -0.39 is 0 Å². The topological polar surface area (TPSA) is 20.1 Å². The molecule has 25 heavy (non-hydrogen) atoms. The third-order valence-electron chi connectivity index (χ3n) is 4.33. The Morgan fingerprint density at radius 3 is 2.32 bits per heavy atom. The van der Waals surface area contributed by atoms with Crippen LogP contribution in [0.2, 0.25) is 0 Å². The van der Waals surface area contributed by atoms with Gasteiger partial charge in [-0.15, -0.1) is 0 Å². The fraction of sp³-hybridized carbons (Fsp3) is 0.0909. The van der Waals surface area contributed by atoms with Crippen LogP contribution in [0.25, 0.3) is 0 Å². The lowest BCUT2D eigenvalue weighted by atomic mass is 9.99. The summed E-state index contributed by atoms with van der Waals surface area (Å²) in [6.07, 6.45) is 2.15. The Morgan fingerprint density at radius 1 is 0.920 bits per heavy atom. The van der Waals surface area contributed by atoms with Gasteiger partial charge in [-0.25, -0.2) is 0 Å². The van der Waals surface area contributed by atoms with Crippen molar-refractivity contribution >= 4 is 29.4 Å².